The van der Waals surface area contributed by atoms with Gasteiger partial charge in [0.25, 0.3) is 0 Å². The SMILES string of the molecule is Cc1cc(OC2CCCNC2)on1. The maximum atomic E-state index is 5.58. The molecule has 1 aromatic heterocycles. The molecule has 72 valence electrons. The van der Waals surface area contributed by atoms with E-state index >= 15 is 0 Å². The van der Waals surface area contributed by atoms with Crippen LogP contribution >= 0.6 is 0 Å². The fourth-order valence-corrected chi connectivity index (χ4v) is 1.48. The topological polar surface area (TPSA) is 47.3 Å². The van der Waals surface area contributed by atoms with Gasteiger partial charge >= 0.3 is 5.95 Å². The van der Waals surface area contributed by atoms with Gasteiger partial charge in [-0.1, -0.05) is 5.16 Å². The van der Waals surface area contributed by atoms with Crippen molar-refractivity contribution in [1.29, 1.82) is 0 Å². The molecule has 0 aliphatic carbocycles. The minimum Gasteiger partial charge on any atom is -0.459 e. The van der Waals surface area contributed by atoms with Gasteiger partial charge in [0.2, 0.25) is 0 Å². The van der Waals surface area contributed by atoms with E-state index in [0.29, 0.717) is 5.95 Å². The number of aromatic nitrogens is 1. The van der Waals surface area contributed by atoms with E-state index in [-0.39, 0.29) is 6.10 Å². The maximum Gasteiger partial charge on any atom is 0.311 e. The number of aryl methyl sites for hydroxylation is 1. The summed E-state index contributed by atoms with van der Waals surface area (Å²) in [4.78, 5) is 0. The Morgan fingerprint density at radius 3 is 3.23 bits per heavy atom. The number of nitrogens with zero attached hydrogens (tertiary/aromatic N) is 1. The first-order valence-electron chi connectivity index (χ1n) is 4.65. The van der Waals surface area contributed by atoms with Crippen molar-refractivity contribution in [3.8, 4) is 5.95 Å². The Bertz CT molecular complexity index is 266. The zero-order valence-corrected chi connectivity index (χ0v) is 7.75. The molecule has 1 aliphatic rings. The Hall–Kier alpha value is -1.03. The summed E-state index contributed by atoms with van der Waals surface area (Å²) in [5, 5.41) is 7.04. The molecule has 1 unspecified atom stereocenters. The Morgan fingerprint density at radius 1 is 1.69 bits per heavy atom. The van der Waals surface area contributed by atoms with Crippen LogP contribution in [-0.4, -0.2) is 24.4 Å². The van der Waals surface area contributed by atoms with Crippen LogP contribution in [0.4, 0.5) is 0 Å². The van der Waals surface area contributed by atoms with Crippen molar-refractivity contribution in [1.82, 2.24) is 10.5 Å². The summed E-state index contributed by atoms with van der Waals surface area (Å²) in [5.41, 5.74) is 0.860. The van der Waals surface area contributed by atoms with Gasteiger partial charge in [0, 0.05) is 12.6 Å². The van der Waals surface area contributed by atoms with Crippen LogP contribution in [0.25, 0.3) is 0 Å². The summed E-state index contributed by atoms with van der Waals surface area (Å²) in [6, 6.07) is 1.81. The molecule has 0 spiro atoms. The molecule has 0 aromatic carbocycles. The van der Waals surface area contributed by atoms with Crippen LogP contribution in [0.2, 0.25) is 0 Å². The van der Waals surface area contributed by atoms with E-state index in [1.807, 2.05) is 13.0 Å². The molecular formula is C9H14N2O2. The molecule has 1 aliphatic heterocycles. The number of rotatable bonds is 2. The van der Waals surface area contributed by atoms with Gasteiger partial charge in [-0.3, -0.25) is 0 Å². The lowest BCUT2D eigenvalue weighted by molar-refractivity contribution is 0.118. The fraction of sp³-hybridized carbons (Fsp3) is 0.667. The second kappa shape index (κ2) is 3.79. The lowest BCUT2D eigenvalue weighted by Gasteiger charge is -2.21. The lowest BCUT2D eigenvalue weighted by atomic mass is 10.1. The minimum absolute atomic E-state index is 0.237. The average Bonchev–Trinajstić information content (AvgIpc) is 2.53. The lowest BCUT2D eigenvalue weighted by Crippen LogP contribution is -2.37. The van der Waals surface area contributed by atoms with Gasteiger partial charge in [0.15, 0.2) is 0 Å². The quantitative estimate of drug-likeness (QED) is 0.744. The molecule has 4 nitrogen and oxygen atoms in total. The van der Waals surface area contributed by atoms with Gasteiger partial charge in [-0.15, -0.1) is 0 Å². The van der Waals surface area contributed by atoms with Gasteiger partial charge in [0.05, 0.1) is 5.69 Å². The average molecular weight is 182 g/mol. The number of ether oxygens (including phenoxy) is 1. The van der Waals surface area contributed by atoms with E-state index in [1.165, 1.54) is 0 Å². The first-order chi connectivity index (χ1) is 6.34. The molecule has 0 radical (unpaired) electrons. The predicted octanol–water partition coefficient (Wildman–Crippen LogP) is 1.11. The highest BCUT2D eigenvalue weighted by atomic mass is 16.6. The third-order valence-electron chi connectivity index (χ3n) is 2.14. The fourth-order valence-electron chi connectivity index (χ4n) is 1.48. The van der Waals surface area contributed by atoms with Crippen molar-refractivity contribution in [2.75, 3.05) is 13.1 Å². The summed E-state index contributed by atoms with van der Waals surface area (Å²) in [6.45, 7) is 3.88. The largest absolute Gasteiger partial charge is 0.459 e. The Kier molecular flexibility index (Phi) is 2.49. The van der Waals surface area contributed by atoms with Crippen LogP contribution in [0.1, 0.15) is 18.5 Å². The molecule has 1 saturated heterocycles. The van der Waals surface area contributed by atoms with Crippen LogP contribution in [0.15, 0.2) is 10.6 Å². The highest BCUT2D eigenvalue weighted by Crippen LogP contribution is 2.16. The van der Waals surface area contributed by atoms with Crippen LogP contribution < -0.4 is 10.1 Å². The molecule has 1 N–H and O–H groups in total. The molecule has 0 bridgehead atoms. The molecule has 1 aromatic rings. The zero-order chi connectivity index (χ0) is 9.10. The third kappa shape index (κ3) is 2.21. The first-order valence-corrected chi connectivity index (χ1v) is 4.65. The van der Waals surface area contributed by atoms with Crippen LogP contribution in [0.5, 0.6) is 5.95 Å². The Morgan fingerprint density at radius 2 is 2.62 bits per heavy atom. The molecule has 4 heteroatoms. The van der Waals surface area contributed by atoms with E-state index in [2.05, 4.69) is 10.5 Å². The molecule has 1 atom stereocenters. The van der Waals surface area contributed by atoms with Gasteiger partial charge < -0.3 is 14.6 Å². The van der Waals surface area contributed by atoms with Gasteiger partial charge in [-0.2, -0.15) is 0 Å². The summed E-state index contributed by atoms with van der Waals surface area (Å²) in [7, 11) is 0. The smallest absolute Gasteiger partial charge is 0.311 e. The molecular weight excluding hydrogens is 168 g/mol. The monoisotopic (exact) mass is 182 g/mol. The van der Waals surface area contributed by atoms with Crippen LogP contribution in [-0.2, 0) is 0 Å². The van der Waals surface area contributed by atoms with Gasteiger partial charge in [-0.25, -0.2) is 0 Å². The van der Waals surface area contributed by atoms with E-state index in [0.717, 1.165) is 31.6 Å². The first kappa shape index (κ1) is 8.56. The molecule has 13 heavy (non-hydrogen) atoms. The maximum absolute atomic E-state index is 5.58. The zero-order valence-electron chi connectivity index (χ0n) is 7.75. The summed E-state index contributed by atoms with van der Waals surface area (Å²) in [6.07, 6.45) is 2.49. The molecule has 2 heterocycles. The highest BCUT2D eigenvalue weighted by Gasteiger charge is 2.15. The van der Waals surface area contributed by atoms with Crippen molar-refractivity contribution in [3.05, 3.63) is 11.8 Å². The number of nitrogens with one attached hydrogen (secondary N) is 1. The second-order valence-corrected chi connectivity index (χ2v) is 3.37. The van der Waals surface area contributed by atoms with Crippen molar-refractivity contribution in [2.45, 2.75) is 25.9 Å². The summed E-state index contributed by atoms with van der Waals surface area (Å²) < 4.78 is 10.6. The van der Waals surface area contributed by atoms with E-state index in [1.54, 1.807) is 0 Å². The van der Waals surface area contributed by atoms with Crippen molar-refractivity contribution in [3.63, 3.8) is 0 Å². The van der Waals surface area contributed by atoms with Gasteiger partial charge in [-0.05, 0) is 26.3 Å². The number of hydrogen-bond donors (Lipinski definition) is 1. The second-order valence-electron chi connectivity index (χ2n) is 3.37. The van der Waals surface area contributed by atoms with E-state index in [4.69, 9.17) is 9.26 Å². The van der Waals surface area contributed by atoms with Crippen LogP contribution in [0.3, 0.4) is 0 Å². The van der Waals surface area contributed by atoms with E-state index in [9.17, 15) is 0 Å². The number of hydrogen-bond acceptors (Lipinski definition) is 4. The molecule has 0 amide bonds. The third-order valence-corrected chi connectivity index (χ3v) is 2.14. The Labute approximate surface area is 77.2 Å². The van der Waals surface area contributed by atoms with Gasteiger partial charge in [0.1, 0.15) is 6.10 Å². The van der Waals surface area contributed by atoms with Crippen molar-refractivity contribution < 1.29 is 9.26 Å². The minimum atomic E-state index is 0.237. The van der Waals surface area contributed by atoms with Crippen LogP contribution in [0, 0.1) is 6.92 Å². The normalized spacial score (nSPS) is 23.0. The van der Waals surface area contributed by atoms with Crippen molar-refractivity contribution >= 4 is 0 Å². The predicted molar refractivity (Wildman–Crippen MR) is 47.8 cm³/mol. The summed E-state index contributed by atoms with van der Waals surface area (Å²) in [5.74, 6) is 0.534. The molecule has 0 saturated carbocycles. The Balaban J connectivity index is 1.89. The highest BCUT2D eigenvalue weighted by molar-refractivity contribution is 5.08. The molecule has 2 rings (SSSR count). The summed E-state index contributed by atoms with van der Waals surface area (Å²) >= 11 is 0. The standard InChI is InChI=1S/C9H14N2O2/c1-7-5-9(13-11-7)12-8-3-2-4-10-6-8/h5,8,10H,2-4,6H2,1H3. The molecule has 1 fully saturated rings. The van der Waals surface area contributed by atoms with Crippen molar-refractivity contribution in [2.24, 2.45) is 0 Å². The van der Waals surface area contributed by atoms with E-state index < -0.39 is 0 Å². The number of piperidine rings is 1.